The predicted octanol–water partition coefficient (Wildman–Crippen LogP) is 5.04. The molecule has 0 aliphatic rings. The third-order valence-corrected chi connectivity index (χ3v) is 5.79. The second-order valence-corrected chi connectivity index (χ2v) is 8.02. The molecule has 0 atom stereocenters. The molecule has 0 aliphatic heterocycles. The van der Waals surface area contributed by atoms with E-state index in [1.165, 1.54) is 48.2 Å². The standard InChI is InChI=1S/C23H17F4N5OS/c24-16-5-7-17(8-6-16)32-20(30-31-22(32)34-14-15-9-11-28-12-10-15)13-29-21(33)18-3-1-2-4-19(18)23(25,26)27/h1-12H,13-14H2,(H,29,33). The largest absolute Gasteiger partial charge is 0.417 e. The summed E-state index contributed by atoms with van der Waals surface area (Å²) in [6.45, 7) is -0.189. The van der Waals surface area contributed by atoms with Gasteiger partial charge in [0, 0.05) is 23.8 Å². The Labute approximate surface area is 196 Å². The number of carbonyl (C=O) groups excluding carboxylic acids is 1. The van der Waals surface area contributed by atoms with E-state index in [-0.39, 0.29) is 12.4 Å². The van der Waals surface area contributed by atoms with Gasteiger partial charge in [-0.25, -0.2) is 4.39 Å². The van der Waals surface area contributed by atoms with Gasteiger partial charge in [-0.05, 0) is 54.1 Å². The van der Waals surface area contributed by atoms with Crippen LogP contribution in [0.25, 0.3) is 5.69 Å². The van der Waals surface area contributed by atoms with E-state index in [4.69, 9.17) is 0 Å². The summed E-state index contributed by atoms with van der Waals surface area (Å²) in [5, 5.41) is 11.2. The van der Waals surface area contributed by atoms with Gasteiger partial charge in [0.2, 0.25) is 0 Å². The van der Waals surface area contributed by atoms with Gasteiger partial charge in [0.1, 0.15) is 5.82 Å². The van der Waals surface area contributed by atoms with E-state index in [0.29, 0.717) is 16.6 Å². The number of pyridine rings is 1. The van der Waals surface area contributed by atoms with Crippen LogP contribution >= 0.6 is 11.8 Å². The van der Waals surface area contributed by atoms with Crippen molar-refractivity contribution in [2.24, 2.45) is 0 Å². The molecule has 4 aromatic rings. The van der Waals surface area contributed by atoms with Crippen molar-refractivity contribution >= 4 is 17.7 Å². The van der Waals surface area contributed by atoms with Gasteiger partial charge in [-0.3, -0.25) is 14.3 Å². The molecule has 4 rings (SSSR count). The molecule has 1 amide bonds. The molecule has 0 spiro atoms. The van der Waals surface area contributed by atoms with Gasteiger partial charge in [-0.2, -0.15) is 13.2 Å². The van der Waals surface area contributed by atoms with Crippen LogP contribution < -0.4 is 5.32 Å². The van der Waals surface area contributed by atoms with Crippen molar-refractivity contribution in [1.29, 1.82) is 0 Å². The number of alkyl halides is 3. The van der Waals surface area contributed by atoms with Crippen molar-refractivity contribution in [2.75, 3.05) is 0 Å². The fourth-order valence-corrected chi connectivity index (χ4v) is 4.09. The van der Waals surface area contributed by atoms with Crippen molar-refractivity contribution in [1.82, 2.24) is 25.1 Å². The Balaban J connectivity index is 1.59. The molecule has 11 heteroatoms. The zero-order valence-corrected chi connectivity index (χ0v) is 18.3. The van der Waals surface area contributed by atoms with E-state index >= 15 is 0 Å². The van der Waals surface area contributed by atoms with Crippen molar-refractivity contribution < 1.29 is 22.4 Å². The van der Waals surface area contributed by atoms with Crippen LogP contribution in [0.3, 0.4) is 0 Å². The lowest BCUT2D eigenvalue weighted by Crippen LogP contribution is -2.27. The van der Waals surface area contributed by atoms with Crippen LogP contribution in [0, 0.1) is 5.82 Å². The quantitative estimate of drug-likeness (QED) is 0.292. The zero-order chi connectivity index (χ0) is 24.1. The van der Waals surface area contributed by atoms with Crippen LogP contribution in [-0.4, -0.2) is 25.7 Å². The normalized spacial score (nSPS) is 11.4. The summed E-state index contributed by atoms with van der Waals surface area (Å²) >= 11 is 1.36. The number of hydrogen-bond donors (Lipinski definition) is 1. The lowest BCUT2D eigenvalue weighted by Gasteiger charge is -2.13. The minimum Gasteiger partial charge on any atom is -0.345 e. The fraction of sp³-hybridized carbons (Fsp3) is 0.130. The van der Waals surface area contributed by atoms with Crippen LogP contribution in [0.4, 0.5) is 17.6 Å². The maximum atomic E-state index is 13.5. The lowest BCUT2D eigenvalue weighted by molar-refractivity contribution is -0.137. The van der Waals surface area contributed by atoms with Crippen LogP contribution in [0.1, 0.15) is 27.3 Å². The highest BCUT2D eigenvalue weighted by atomic mass is 32.2. The van der Waals surface area contributed by atoms with Crippen LogP contribution in [-0.2, 0) is 18.5 Å². The second kappa shape index (κ2) is 10.0. The smallest absolute Gasteiger partial charge is 0.345 e. The topological polar surface area (TPSA) is 72.7 Å². The highest BCUT2D eigenvalue weighted by Crippen LogP contribution is 2.32. The highest BCUT2D eigenvalue weighted by Gasteiger charge is 2.34. The molecule has 2 aromatic carbocycles. The molecule has 0 fully saturated rings. The number of aromatic nitrogens is 4. The Morgan fingerprint density at radius 1 is 0.971 bits per heavy atom. The highest BCUT2D eigenvalue weighted by molar-refractivity contribution is 7.98. The van der Waals surface area contributed by atoms with Gasteiger partial charge in [0.05, 0.1) is 17.7 Å². The van der Waals surface area contributed by atoms with Crippen LogP contribution in [0.15, 0.2) is 78.2 Å². The molecule has 2 heterocycles. The molecule has 0 radical (unpaired) electrons. The maximum absolute atomic E-state index is 13.5. The number of halogens is 4. The van der Waals surface area contributed by atoms with E-state index in [0.717, 1.165) is 17.7 Å². The van der Waals surface area contributed by atoms with Crippen molar-refractivity contribution in [2.45, 2.75) is 23.6 Å². The van der Waals surface area contributed by atoms with Crippen molar-refractivity contribution in [3.05, 3.63) is 101 Å². The van der Waals surface area contributed by atoms with Crippen LogP contribution in [0.2, 0.25) is 0 Å². The van der Waals surface area contributed by atoms with E-state index in [1.54, 1.807) is 17.0 Å². The molecule has 1 N–H and O–H groups in total. The van der Waals surface area contributed by atoms with Gasteiger partial charge in [-0.1, -0.05) is 23.9 Å². The lowest BCUT2D eigenvalue weighted by atomic mass is 10.1. The molecule has 0 aliphatic carbocycles. The summed E-state index contributed by atoms with van der Waals surface area (Å²) in [6, 6.07) is 13.8. The summed E-state index contributed by atoms with van der Waals surface area (Å²) in [5.74, 6) is -0.497. The Kier molecular flexibility index (Phi) is 6.92. The van der Waals surface area contributed by atoms with E-state index in [9.17, 15) is 22.4 Å². The zero-order valence-electron chi connectivity index (χ0n) is 17.5. The van der Waals surface area contributed by atoms with E-state index < -0.39 is 29.0 Å². The van der Waals surface area contributed by atoms with Crippen molar-refractivity contribution in [3.8, 4) is 5.69 Å². The number of nitrogens with zero attached hydrogens (tertiary/aromatic N) is 4. The summed E-state index contributed by atoms with van der Waals surface area (Å²) in [5.41, 5.74) is 0.0204. The first-order valence-corrected chi connectivity index (χ1v) is 11.0. The monoisotopic (exact) mass is 487 g/mol. The van der Waals surface area contributed by atoms with Crippen molar-refractivity contribution in [3.63, 3.8) is 0 Å². The molecule has 2 aromatic heterocycles. The van der Waals surface area contributed by atoms with E-state index in [1.807, 2.05) is 12.1 Å². The first-order valence-electron chi connectivity index (χ1n) is 9.99. The minimum atomic E-state index is -4.67. The summed E-state index contributed by atoms with van der Waals surface area (Å²) < 4.78 is 54.9. The van der Waals surface area contributed by atoms with Gasteiger partial charge in [0.25, 0.3) is 5.91 Å². The van der Waals surface area contributed by atoms with Gasteiger partial charge in [0.15, 0.2) is 11.0 Å². The SMILES string of the molecule is O=C(NCc1nnc(SCc2ccncc2)n1-c1ccc(F)cc1)c1ccccc1C(F)(F)F. The third kappa shape index (κ3) is 5.42. The number of hydrogen-bond acceptors (Lipinski definition) is 5. The Morgan fingerprint density at radius 3 is 2.38 bits per heavy atom. The summed E-state index contributed by atoms with van der Waals surface area (Å²) in [7, 11) is 0. The number of carbonyl (C=O) groups is 1. The maximum Gasteiger partial charge on any atom is 0.417 e. The third-order valence-electron chi connectivity index (χ3n) is 4.79. The molecular formula is C23H17F4N5OS. The molecule has 6 nitrogen and oxygen atoms in total. The number of thioether (sulfide) groups is 1. The van der Waals surface area contributed by atoms with Gasteiger partial charge >= 0.3 is 6.18 Å². The Morgan fingerprint density at radius 2 is 1.68 bits per heavy atom. The second-order valence-electron chi connectivity index (χ2n) is 7.08. The Hall–Kier alpha value is -3.73. The molecule has 0 bridgehead atoms. The molecule has 0 saturated carbocycles. The minimum absolute atomic E-state index is 0.189. The average Bonchev–Trinajstić information content (AvgIpc) is 3.24. The first-order chi connectivity index (χ1) is 16.3. The first kappa shape index (κ1) is 23.4. The van der Waals surface area contributed by atoms with Gasteiger partial charge < -0.3 is 5.32 Å². The van der Waals surface area contributed by atoms with Gasteiger partial charge in [-0.15, -0.1) is 10.2 Å². The molecule has 34 heavy (non-hydrogen) atoms. The molecule has 0 unspecified atom stereocenters. The summed E-state index contributed by atoms with van der Waals surface area (Å²) in [4.78, 5) is 16.5. The molecule has 174 valence electrons. The number of rotatable bonds is 7. The number of nitrogens with one attached hydrogen (secondary N) is 1. The van der Waals surface area contributed by atoms with E-state index in [2.05, 4.69) is 20.5 Å². The Bertz CT molecular complexity index is 1280. The predicted molar refractivity (Wildman–Crippen MR) is 118 cm³/mol. The average molecular weight is 487 g/mol. The molecular weight excluding hydrogens is 470 g/mol. The summed E-state index contributed by atoms with van der Waals surface area (Å²) in [6.07, 6.45) is -1.33. The number of benzene rings is 2. The fourth-order valence-electron chi connectivity index (χ4n) is 3.17. The molecule has 0 saturated heterocycles. The van der Waals surface area contributed by atoms with Crippen LogP contribution in [0.5, 0.6) is 0 Å². The number of amides is 1.